The molecule has 0 heterocycles. The van der Waals surface area contributed by atoms with Gasteiger partial charge in [-0.2, -0.15) is 0 Å². The van der Waals surface area contributed by atoms with Crippen molar-refractivity contribution in [1.29, 1.82) is 0 Å². The quantitative estimate of drug-likeness (QED) is 0.481. The summed E-state index contributed by atoms with van der Waals surface area (Å²) < 4.78 is 0. The van der Waals surface area contributed by atoms with E-state index in [0.29, 0.717) is 0 Å². The van der Waals surface area contributed by atoms with Crippen molar-refractivity contribution in [2.45, 2.75) is 39.5 Å². The van der Waals surface area contributed by atoms with E-state index in [0.717, 1.165) is 12.8 Å². The first kappa shape index (κ1) is 11.2. The lowest BCUT2D eigenvalue weighted by Gasteiger charge is -2.06. The third-order valence-electron chi connectivity index (χ3n) is 1.91. The fourth-order valence-corrected chi connectivity index (χ4v) is 1.18. The maximum absolute atomic E-state index is 10.9. The number of unbranched alkanes of at least 4 members (excludes halogenated alkanes) is 2. The SMILES string of the molecule is C/C=C/[C@@H](CCCCC)C(N)=O. The molecule has 2 nitrogen and oxygen atoms in total. The van der Waals surface area contributed by atoms with Gasteiger partial charge < -0.3 is 5.73 Å². The summed E-state index contributed by atoms with van der Waals surface area (Å²) in [7, 11) is 0. The average molecular weight is 169 g/mol. The van der Waals surface area contributed by atoms with Gasteiger partial charge in [0.2, 0.25) is 5.91 Å². The maximum Gasteiger partial charge on any atom is 0.224 e. The number of primary amides is 1. The van der Waals surface area contributed by atoms with Crippen LogP contribution in [0.25, 0.3) is 0 Å². The predicted octanol–water partition coefficient (Wildman–Crippen LogP) is 2.24. The van der Waals surface area contributed by atoms with Crippen molar-refractivity contribution >= 4 is 5.91 Å². The predicted molar refractivity (Wildman–Crippen MR) is 51.6 cm³/mol. The summed E-state index contributed by atoms with van der Waals surface area (Å²) in [6.07, 6.45) is 8.13. The standard InChI is InChI=1S/C10H19NO/c1-3-5-6-8-9(7-4-2)10(11)12/h4,7,9H,3,5-6,8H2,1-2H3,(H2,11,12)/b7-4+/t9-/m0/s1. The molecule has 2 heteroatoms. The molecule has 2 N–H and O–H groups in total. The monoisotopic (exact) mass is 169 g/mol. The highest BCUT2D eigenvalue weighted by molar-refractivity contribution is 5.78. The molecule has 0 unspecified atom stereocenters. The molecule has 0 rings (SSSR count). The van der Waals surface area contributed by atoms with Gasteiger partial charge in [-0.1, -0.05) is 38.3 Å². The van der Waals surface area contributed by atoms with E-state index in [4.69, 9.17) is 5.73 Å². The lowest BCUT2D eigenvalue weighted by atomic mass is 10.0. The molecular formula is C10H19NO. The number of carbonyl (C=O) groups is 1. The van der Waals surface area contributed by atoms with Gasteiger partial charge in [0.05, 0.1) is 5.92 Å². The summed E-state index contributed by atoms with van der Waals surface area (Å²) in [6.45, 7) is 4.06. The minimum absolute atomic E-state index is 0.0541. The molecule has 0 aromatic carbocycles. The molecule has 1 amide bonds. The van der Waals surface area contributed by atoms with Crippen LogP contribution >= 0.6 is 0 Å². The highest BCUT2D eigenvalue weighted by Gasteiger charge is 2.09. The number of nitrogens with two attached hydrogens (primary N) is 1. The Kier molecular flexibility index (Phi) is 6.44. The van der Waals surface area contributed by atoms with E-state index in [2.05, 4.69) is 6.92 Å². The Morgan fingerprint density at radius 3 is 2.58 bits per heavy atom. The van der Waals surface area contributed by atoms with Crippen molar-refractivity contribution in [3.8, 4) is 0 Å². The second-order valence-corrected chi connectivity index (χ2v) is 3.03. The molecule has 70 valence electrons. The topological polar surface area (TPSA) is 43.1 Å². The number of carbonyl (C=O) groups excluding carboxylic acids is 1. The van der Waals surface area contributed by atoms with Crippen LogP contribution in [0.2, 0.25) is 0 Å². The van der Waals surface area contributed by atoms with Crippen molar-refractivity contribution in [3.05, 3.63) is 12.2 Å². The Morgan fingerprint density at radius 2 is 2.17 bits per heavy atom. The van der Waals surface area contributed by atoms with Crippen molar-refractivity contribution in [3.63, 3.8) is 0 Å². The fraction of sp³-hybridized carbons (Fsp3) is 0.700. The summed E-state index contributed by atoms with van der Waals surface area (Å²) in [5.74, 6) is -0.259. The molecule has 1 atom stereocenters. The number of rotatable bonds is 6. The van der Waals surface area contributed by atoms with Crippen LogP contribution in [-0.2, 0) is 4.79 Å². The average Bonchev–Trinajstić information content (AvgIpc) is 2.03. The van der Waals surface area contributed by atoms with Gasteiger partial charge in [-0.25, -0.2) is 0 Å². The molecule has 0 aromatic rings. The van der Waals surface area contributed by atoms with Crippen LogP contribution in [0.4, 0.5) is 0 Å². The number of hydrogen-bond donors (Lipinski definition) is 1. The summed E-state index contributed by atoms with van der Waals surface area (Å²) in [6, 6.07) is 0. The molecule has 0 aliphatic heterocycles. The number of allylic oxidation sites excluding steroid dienone is 1. The van der Waals surface area contributed by atoms with Gasteiger partial charge in [-0.15, -0.1) is 0 Å². The molecular weight excluding hydrogens is 150 g/mol. The third-order valence-corrected chi connectivity index (χ3v) is 1.91. The van der Waals surface area contributed by atoms with Crippen LogP contribution in [0.1, 0.15) is 39.5 Å². The van der Waals surface area contributed by atoms with Gasteiger partial charge in [0.1, 0.15) is 0 Å². The smallest absolute Gasteiger partial charge is 0.224 e. The fourth-order valence-electron chi connectivity index (χ4n) is 1.18. The lowest BCUT2D eigenvalue weighted by molar-refractivity contribution is -0.120. The summed E-state index contributed by atoms with van der Waals surface area (Å²) in [4.78, 5) is 10.9. The zero-order chi connectivity index (χ0) is 9.40. The largest absolute Gasteiger partial charge is 0.369 e. The Hall–Kier alpha value is -0.790. The molecule has 0 aromatic heterocycles. The van der Waals surface area contributed by atoms with Crippen LogP contribution < -0.4 is 5.73 Å². The first-order valence-corrected chi connectivity index (χ1v) is 4.64. The molecule has 0 saturated carbocycles. The molecule has 0 fully saturated rings. The minimum Gasteiger partial charge on any atom is -0.369 e. The maximum atomic E-state index is 10.9. The third kappa shape index (κ3) is 4.94. The van der Waals surface area contributed by atoms with Crippen LogP contribution in [0.3, 0.4) is 0 Å². The Balaban J connectivity index is 3.72. The van der Waals surface area contributed by atoms with Gasteiger partial charge in [0.15, 0.2) is 0 Å². The van der Waals surface area contributed by atoms with E-state index in [-0.39, 0.29) is 11.8 Å². The molecule has 0 aliphatic carbocycles. The summed E-state index contributed by atoms with van der Waals surface area (Å²) in [5, 5.41) is 0. The second kappa shape index (κ2) is 6.89. The number of amides is 1. The Labute approximate surface area is 74.8 Å². The summed E-state index contributed by atoms with van der Waals surface area (Å²) in [5.41, 5.74) is 5.21. The van der Waals surface area contributed by atoms with Crippen molar-refractivity contribution in [1.82, 2.24) is 0 Å². The van der Waals surface area contributed by atoms with Crippen molar-refractivity contribution < 1.29 is 4.79 Å². The van der Waals surface area contributed by atoms with Gasteiger partial charge in [0, 0.05) is 0 Å². The highest BCUT2D eigenvalue weighted by atomic mass is 16.1. The van der Waals surface area contributed by atoms with E-state index >= 15 is 0 Å². The molecule has 0 aliphatic rings. The van der Waals surface area contributed by atoms with Crippen LogP contribution in [0, 0.1) is 5.92 Å². The van der Waals surface area contributed by atoms with Crippen LogP contribution in [0.15, 0.2) is 12.2 Å². The van der Waals surface area contributed by atoms with Gasteiger partial charge >= 0.3 is 0 Å². The number of hydrogen-bond acceptors (Lipinski definition) is 1. The lowest BCUT2D eigenvalue weighted by Crippen LogP contribution is -2.21. The van der Waals surface area contributed by atoms with Crippen LogP contribution in [0.5, 0.6) is 0 Å². The molecule has 0 saturated heterocycles. The van der Waals surface area contributed by atoms with E-state index in [1.165, 1.54) is 12.8 Å². The van der Waals surface area contributed by atoms with Crippen molar-refractivity contribution in [2.24, 2.45) is 11.7 Å². The first-order valence-electron chi connectivity index (χ1n) is 4.64. The summed E-state index contributed by atoms with van der Waals surface area (Å²) >= 11 is 0. The Bertz CT molecular complexity index is 152. The normalized spacial score (nSPS) is 13.5. The van der Waals surface area contributed by atoms with Crippen molar-refractivity contribution in [2.75, 3.05) is 0 Å². The highest BCUT2D eigenvalue weighted by Crippen LogP contribution is 2.10. The second-order valence-electron chi connectivity index (χ2n) is 3.03. The molecule has 12 heavy (non-hydrogen) atoms. The molecule has 0 bridgehead atoms. The first-order chi connectivity index (χ1) is 5.72. The van der Waals surface area contributed by atoms with E-state index in [9.17, 15) is 4.79 Å². The van der Waals surface area contributed by atoms with E-state index in [1.54, 1.807) is 0 Å². The van der Waals surface area contributed by atoms with Gasteiger partial charge in [-0.3, -0.25) is 4.79 Å². The van der Waals surface area contributed by atoms with E-state index in [1.807, 2.05) is 19.1 Å². The minimum atomic E-state index is -0.204. The molecule has 0 radical (unpaired) electrons. The zero-order valence-electron chi connectivity index (χ0n) is 8.05. The van der Waals surface area contributed by atoms with Crippen LogP contribution in [-0.4, -0.2) is 5.91 Å². The van der Waals surface area contributed by atoms with E-state index < -0.39 is 0 Å². The zero-order valence-corrected chi connectivity index (χ0v) is 8.05. The van der Waals surface area contributed by atoms with Gasteiger partial charge in [-0.05, 0) is 13.3 Å². The Morgan fingerprint density at radius 1 is 1.50 bits per heavy atom. The van der Waals surface area contributed by atoms with Gasteiger partial charge in [0.25, 0.3) is 0 Å². The molecule has 0 spiro atoms.